The summed E-state index contributed by atoms with van der Waals surface area (Å²) in [7, 11) is 0. The zero-order valence-corrected chi connectivity index (χ0v) is 13.7. The molecule has 0 aromatic heterocycles. The summed E-state index contributed by atoms with van der Waals surface area (Å²) in [6, 6.07) is 8.97. The minimum Gasteiger partial charge on any atom is -0.489 e. The number of rotatable bonds is 2. The second-order valence-corrected chi connectivity index (χ2v) is 8.15. The molecule has 2 heterocycles. The van der Waals surface area contributed by atoms with E-state index in [0.29, 0.717) is 16.9 Å². The summed E-state index contributed by atoms with van der Waals surface area (Å²) in [6.07, 6.45) is 8.68. The third-order valence-corrected chi connectivity index (χ3v) is 7.36. The Morgan fingerprint density at radius 1 is 1.18 bits per heavy atom. The van der Waals surface area contributed by atoms with Gasteiger partial charge in [0.15, 0.2) is 0 Å². The second-order valence-electron chi connectivity index (χ2n) is 8.15. The van der Waals surface area contributed by atoms with Crippen molar-refractivity contribution in [2.75, 3.05) is 19.6 Å². The summed E-state index contributed by atoms with van der Waals surface area (Å²) in [5, 5.41) is 0. The van der Waals surface area contributed by atoms with Gasteiger partial charge in [0.1, 0.15) is 11.9 Å². The molecule has 5 aliphatic rings. The van der Waals surface area contributed by atoms with Crippen LogP contribution in [0.4, 0.5) is 0 Å². The van der Waals surface area contributed by atoms with Crippen LogP contribution in [0.25, 0.3) is 0 Å². The predicted molar refractivity (Wildman–Crippen MR) is 88.3 cm³/mol. The summed E-state index contributed by atoms with van der Waals surface area (Å²) < 4.78 is 6.58. The fourth-order valence-corrected chi connectivity index (χ4v) is 6.55. The highest BCUT2D eigenvalue weighted by atomic mass is 16.5. The summed E-state index contributed by atoms with van der Waals surface area (Å²) in [4.78, 5) is 2.74. The van der Waals surface area contributed by atoms with E-state index in [1.165, 1.54) is 63.9 Å². The van der Waals surface area contributed by atoms with Gasteiger partial charge in [0.2, 0.25) is 0 Å². The highest BCUT2D eigenvalue weighted by Crippen LogP contribution is 2.68. The van der Waals surface area contributed by atoms with Gasteiger partial charge in [-0.25, -0.2) is 0 Å². The summed E-state index contributed by atoms with van der Waals surface area (Å²) >= 11 is 0. The number of benzene rings is 1. The summed E-state index contributed by atoms with van der Waals surface area (Å²) in [6.45, 7) is 6.16. The van der Waals surface area contributed by atoms with Crippen LogP contribution in [0.1, 0.15) is 51.0 Å². The minimum atomic E-state index is 0.328. The molecule has 0 amide bonds. The van der Waals surface area contributed by atoms with Crippen LogP contribution in [0.5, 0.6) is 5.75 Å². The number of ether oxygens (including phenoxy) is 1. The van der Waals surface area contributed by atoms with Gasteiger partial charge in [-0.2, -0.15) is 0 Å². The zero-order valence-electron chi connectivity index (χ0n) is 13.7. The van der Waals surface area contributed by atoms with Crippen molar-refractivity contribution >= 4 is 0 Å². The third kappa shape index (κ3) is 1.45. The van der Waals surface area contributed by atoms with Crippen LogP contribution in [0.15, 0.2) is 24.3 Å². The van der Waals surface area contributed by atoms with Gasteiger partial charge in [0.25, 0.3) is 0 Å². The van der Waals surface area contributed by atoms with Gasteiger partial charge in [0, 0.05) is 17.5 Å². The molecule has 0 radical (unpaired) electrons. The normalized spacial score (nSPS) is 42.4. The standard InChI is InChI=1S/C20H27NO/c1-2-12-21-13-11-20-16-5-3-4-6-17(16)22-18(20)15-7-9-19(20,14-21)10-8-15/h3-6,15,18H,2,7-14H2,1H3. The summed E-state index contributed by atoms with van der Waals surface area (Å²) in [5.74, 6) is 2.00. The number of likely N-dealkylation sites (tertiary alicyclic amines) is 1. The Hall–Kier alpha value is -1.02. The van der Waals surface area contributed by atoms with Crippen LogP contribution >= 0.6 is 0 Å². The monoisotopic (exact) mass is 297 g/mol. The molecule has 2 aliphatic heterocycles. The highest BCUT2D eigenvalue weighted by molar-refractivity contribution is 5.49. The van der Waals surface area contributed by atoms with Crippen LogP contribution < -0.4 is 4.74 Å². The van der Waals surface area contributed by atoms with E-state index in [4.69, 9.17) is 4.74 Å². The van der Waals surface area contributed by atoms with Crippen LogP contribution in [0, 0.1) is 11.3 Å². The molecular weight excluding hydrogens is 270 g/mol. The van der Waals surface area contributed by atoms with Gasteiger partial charge in [-0.3, -0.25) is 0 Å². The predicted octanol–water partition coefficient (Wildman–Crippen LogP) is 3.99. The first-order valence-corrected chi connectivity index (χ1v) is 9.28. The van der Waals surface area contributed by atoms with Crippen molar-refractivity contribution in [1.82, 2.24) is 4.90 Å². The molecular formula is C20H27NO. The van der Waals surface area contributed by atoms with Crippen molar-refractivity contribution in [2.45, 2.75) is 57.0 Å². The van der Waals surface area contributed by atoms with Gasteiger partial charge in [0.05, 0.1) is 0 Å². The molecule has 118 valence electrons. The number of nitrogens with zero attached hydrogens (tertiary/aromatic N) is 1. The third-order valence-electron chi connectivity index (χ3n) is 7.36. The highest BCUT2D eigenvalue weighted by Gasteiger charge is 2.69. The van der Waals surface area contributed by atoms with Gasteiger partial charge in [-0.15, -0.1) is 0 Å². The Balaban J connectivity index is 1.64. The largest absolute Gasteiger partial charge is 0.489 e. The molecule has 1 saturated heterocycles. The Bertz CT molecular complexity index is 589. The van der Waals surface area contributed by atoms with E-state index in [-0.39, 0.29) is 0 Å². The number of hydrogen-bond acceptors (Lipinski definition) is 2. The van der Waals surface area contributed by atoms with E-state index < -0.39 is 0 Å². The number of piperidine rings is 1. The second kappa shape index (κ2) is 4.50. The molecule has 1 aromatic carbocycles. The first kappa shape index (κ1) is 13.4. The van der Waals surface area contributed by atoms with Crippen molar-refractivity contribution in [3.05, 3.63) is 29.8 Å². The van der Waals surface area contributed by atoms with Gasteiger partial charge in [-0.05, 0) is 69.0 Å². The maximum Gasteiger partial charge on any atom is 0.123 e. The molecule has 2 heteroatoms. The first-order chi connectivity index (χ1) is 10.8. The maximum atomic E-state index is 6.58. The van der Waals surface area contributed by atoms with Crippen LogP contribution in [-0.2, 0) is 5.41 Å². The molecule has 4 fully saturated rings. The van der Waals surface area contributed by atoms with Gasteiger partial charge >= 0.3 is 0 Å². The van der Waals surface area contributed by atoms with E-state index in [0.717, 1.165) is 5.92 Å². The van der Waals surface area contributed by atoms with Gasteiger partial charge < -0.3 is 9.64 Å². The number of fused-ring (bicyclic) bond motifs is 3. The van der Waals surface area contributed by atoms with E-state index >= 15 is 0 Å². The van der Waals surface area contributed by atoms with Gasteiger partial charge in [-0.1, -0.05) is 25.1 Å². The average molecular weight is 297 g/mol. The molecule has 2 unspecified atom stereocenters. The van der Waals surface area contributed by atoms with Crippen molar-refractivity contribution in [3.8, 4) is 5.75 Å². The molecule has 2 spiro atoms. The number of hydrogen-bond donors (Lipinski definition) is 0. The summed E-state index contributed by atoms with van der Waals surface area (Å²) in [5.41, 5.74) is 2.36. The molecule has 2 bridgehead atoms. The van der Waals surface area contributed by atoms with Crippen molar-refractivity contribution in [3.63, 3.8) is 0 Å². The molecule has 22 heavy (non-hydrogen) atoms. The van der Waals surface area contributed by atoms with E-state index in [2.05, 4.69) is 36.1 Å². The molecule has 2 nitrogen and oxygen atoms in total. The van der Waals surface area contributed by atoms with Crippen molar-refractivity contribution in [2.24, 2.45) is 11.3 Å². The smallest absolute Gasteiger partial charge is 0.123 e. The van der Waals surface area contributed by atoms with Crippen molar-refractivity contribution in [1.29, 1.82) is 0 Å². The molecule has 2 atom stereocenters. The maximum absolute atomic E-state index is 6.58. The fraction of sp³-hybridized carbons (Fsp3) is 0.700. The number of para-hydroxylation sites is 1. The quantitative estimate of drug-likeness (QED) is 0.818. The van der Waals surface area contributed by atoms with E-state index in [1.54, 1.807) is 5.56 Å². The lowest BCUT2D eigenvalue weighted by Crippen LogP contribution is -2.68. The minimum absolute atomic E-state index is 0.328. The zero-order chi connectivity index (χ0) is 14.8. The van der Waals surface area contributed by atoms with Crippen LogP contribution in [-0.4, -0.2) is 30.6 Å². The Morgan fingerprint density at radius 2 is 2.00 bits per heavy atom. The fourth-order valence-electron chi connectivity index (χ4n) is 6.55. The molecule has 3 aliphatic carbocycles. The van der Waals surface area contributed by atoms with Crippen LogP contribution in [0.2, 0.25) is 0 Å². The van der Waals surface area contributed by atoms with Crippen LogP contribution in [0.3, 0.4) is 0 Å². The SMILES string of the molecule is CCCN1CCC23c4ccccc4OC2C2CCC3(CC2)C1. The Labute approximate surface area is 133 Å². The first-order valence-electron chi connectivity index (χ1n) is 9.28. The topological polar surface area (TPSA) is 12.5 Å². The van der Waals surface area contributed by atoms with E-state index in [1.807, 2.05) is 0 Å². The lowest BCUT2D eigenvalue weighted by atomic mass is 9.42. The Kier molecular flexibility index (Phi) is 2.75. The van der Waals surface area contributed by atoms with E-state index in [9.17, 15) is 0 Å². The molecule has 1 aromatic rings. The Morgan fingerprint density at radius 3 is 2.82 bits per heavy atom. The lowest BCUT2D eigenvalue weighted by Gasteiger charge is -2.64. The molecule has 0 N–H and O–H groups in total. The van der Waals surface area contributed by atoms with Crippen molar-refractivity contribution < 1.29 is 4.74 Å². The lowest BCUT2D eigenvalue weighted by molar-refractivity contribution is -0.143. The average Bonchev–Trinajstić information content (AvgIpc) is 2.91. The molecule has 3 saturated carbocycles. The molecule has 6 rings (SSSR count).